The number of aryl methyl sites for hydroxylation is 1. The van der Waals surface area contributed by atoms with Crippen molar-refractivity contribution in [2.24, 2.45) is 0 Å². The van der Waals surface area contributed by atoms with E-state index in [0.29, 0.717) is 5.57 Å². The van der Waals surface area contributed by atoms with Gasteiger partial charge in [0.25, 0.3) is 0 Å². The van der Waals surface area contributed by atoms with Crippen molar-refractivity contribution in [2.45, 2.75) is 12.8 Å². The molecule has 3 N–H and O–H groups in total. The molecular formula is C23H19N5O. The zero-order valence-electron chi connectivity index (χ0n) is 16.1. The number of anilines is 1. The first-order chi connectivity index (χ1) is 14.2. The number of rotatable bonds is 3. The second-order valence-corrected chi connectivity index (χ2v) is 7.09. The number of para-hydroxylation sites is 1. The van der Waals surface area contributed by atoms with E-state index in [1.807, 2.05) is 55.6 Å². The molecule has 2 aromatic heterocycles. The Morgan fingerprint density at radius 3 is 2.83 bits per heavy atom. The minimum absolute atomic E-state index is 0.242. The number of allylic oxidation sites excluding steroid dienone is 1. The van der Waals surface area contributed by atoms with Crippen molar-refractivity contribution in [3.63, 3.8) is 0 Å². The van der Waals surface area contributed by atoms with Crippen molar-refractivity contribution in [2.75, 3.05) is 12.4 Å². The highest BCUT2D eigenvalue weighted by molar-refractivity contribution is 5.98. The Bertz CT molecular complexity index is 1300. The highest BCUT2D eigenvalue weighted by Crippen LogP contribution is 2.45. The highest BCUT2D eigenvalue weighted by Gasteiger charge is 2.34. The molecule has 0 amide bonds. The maximum absolute atomic E-state index is 10.2. The molecule has 2 aromatic carbocycles. The first-order valence-corrected chi connectivity index (χ1v) is 9.38. The average Bonchev–Trinajstić information content (AvgIpc) is 3.36. The Balaban J connectivity index is 1.79. The summed E-state index contributed by atoms with van der Waals surface area (Å²) in [5, 5.41) is 22.2. The Morgan fingerprint density at radius 2 is 2.00 bits per heavy atom. The van der Waals surface area contributed by atoms with Gasteiger partial charge in [-0.05, 0) is 30.7 Å². The Labute approximate surface area is 167 Å². The lowest BCUT2D eigenvalue weighted by Gasteiger charge is -2.27. The number of hydrogen-bond acceptors (Lipinski definition) is 4. The van der Waals surface area contributed by atoms with Crippen molar-refractivity contribution in [3.05, 3.63) is 82.7 Å². The zero-order valence-corrected chi connectivity index (χ0v) is 16.1. The van der Waals surface area contributed by atoms with Crippen LogP contribution in [0.15, 0.2) is 60.3 Å². The number of methoxy groups -OCH3 is 1. The van der Waals surface area contributed by atoms with Gasteiger partial charge in [-0.3, -0.25) is 5.10 Å². The maximum atomic E-state index is 10.2. The van der Waals surface area contributed by atoms with Crippen molar-refractivity contribution < 1.29 is 4.74 Å². The van der Waals surface area contributed by atoms with Crippen molar-refractivity contribution in [1.29, 1.82) is 5.26 Å². The molecule has 0 radical (unpaired) electrons. The van der Waals surface area contributed by atoms with Gasteiger partial charge in [-0.15, -0.1) is 0 Å². The molecule has 1 aliphatic heterocycles. The van der Waals surface area contributed by atoms with Crippen LogP contribution in [0.1, 0.15) is 28.3 Å². The van der Waals surface area contributed by atoms with Crippen LogP contribution < -0.4 is 10.1 Å². The molecule has 1 atom stereocenters. The van der Waals surface area contributed by atoms with Crippen LogP contribution in [0.3, 0.4) is 0 Å². The van der Waals surface area contributed by atoms with Gasteiger partial charge >= 0.3 is 0 Å². The van der Waals surface area contributed by atoms with Crippen LogP contribution in [-0.2, 0) is 0 Å². The van der Waals surface area contributed by atoms with Gasteiger partial charge in [0.05, 0.1) is 30.4 Å². The summed E-state index contributed by atoms with van der Waals surface area (Å²) in [6.07, 6.45) is 1.94. The normalized spacial score (nSPS) is 15.7. The van der Waals surface area contributed by atoms with E-state index in [9.17, 15) is 5.26 Å². The molecule has 6 nitrogen and oxygen atoms in total. The Hall–Kier alpha value is -3.98. The molecule has 0 aliphatic carbocycles. The first-order valence-electron chi connectivity index (χ1n) is 9.38. The lowest BCUT2D eigenvalue weighted by Crippen LogP contribution is -2.17. The summed E-state index contributed by atoms with van der Waals surface area (Å²) in [5.74, 6) is 1.26. The molecule has 0 saturated heterocycles. The van der Waals surface area contributed by atoms with E-state index in [0.717, 1.165) is 50.6 Å². The molecule has 0 saturated carbocycles. The minimum Gasteiger partial charge on any atom is -0.497 e. The van der Waals surface area contributed by atoms with Crippen LogP contribution in [0.4, 0.5) is 5.82 Å². The van der Waals surface area contributed by atoms with Crippen LogP contribution in [0.5, 0.6) is 5.75 Å². The number of nitrogens with zero attached hydrogens (tertiary/aromatic N) is 2. The van der Waals surface area contributed by atoms with Crippen molar-refractivity contribution >= 4 is 22.4 Å². The quantitative estimate of drug-likeness (QED) is 0.480. The smallest absolute Gasteiger partial charge is 0.156 e. The number of H-pyrrole nitrogens is 2. The number of ether oxygens (including phenoxy) is 1. The van der Waals surface area contributed by atoms with Crippen LogP contribution in [0.2, 0.25) is 0 Å². The fourth-order valence-corrected chi connectivity index (χ4v) is 4.13. The molecule has 0 spiro atoms. The SMILES string of the molecule is COc1cccc(C2C(C#N)=C(c3c[nH]c4ccccc34)Nc3n[nH]c(C)c32)c1. The summed E-state index contributed by atoms with van der Waals surface area (Å²) in [5.41, 5.74) is 6.32. The summed E-state index contributed by atoms with van der Waals surface area (Å²) >= 11 is 0. The lowest BCUT2D eigenvalue weighted by molar-refractivity contribution is 0.414. The van der Waals surface area contributed by atoms with Gasteiger partial charge in [-0.1, -0.05) is 30.3 Å². The van der Waals surface area contributed by atoms with E-state index in [-0.39, 0.29) is 5.92 Å². The molecule has 1 aliphatic rings. The second-order valence-electron chi connectivity index (χ2n) is 7.09. The first kappa shape index (κ1) is 17.1. The lowest BCUT2D eigenvalue weighted by atomic mass is 9.81. The number of nitriles is 1. The van der Waals surface area contributed by atoms with E-state index >= 15 is 0 Å². The molecule has 1 unspecified atom stereocenters. The molecule has 5 rings (SSSR count). The summed E-state index contributed by atoms with van der Waals surface area (Å²) in [7, 11) is 1.65. The third-order valence-electron chi connectivity index (χ3n) is 5.49. The fraction of sp³-hybridized carbons (Fsp3) is 0.130. The number of hydrogen-bond donors (Lipinski definition) is 3. The third kappa shape index (κ3) is 2.59. The summed E-state index contributed by atoms with van der Waals surface area (Å²) in [6, 6.07) is 18.4. The number of nitrogens with one attached hydrogen (secondary N) is 3. The fourth-order valence-electron chi connectivity index (χ4n) is 4.13. The van der Waals surface area contributed by atoms with Gasteiger partial charge in [0.2, 0.25) is 0 Å². The highest BCUT2D eigenvalue weighted by atomic mass is 16.5. The van der Waals surface area contributed by atoms with Crippen LogP contribution >= 0.6 is 0 Å². The van der Waals surface area contributed by atoms with Crippen LogP contribution in [0.25, 0.3) is 16.6 Å². The van der Waals surface area contributed by atoms with Gasteiger partial charge < -0.3 is 15.0 Å². The summed E-state index contributed by atoms with van der Waals surface area (Å²) < 4.78 is 5.43. The molecule has 29 heavy (non-hydrogen) atoms. The van der Waals surface area contributed by atoms with Gasteiger partial charge in [0.1, 0.15) is 5.75 Å². The average molecular weight is 381 g/mol. The zero-order chi connectivity index (χ0) is 20.0. The third-order valence-corrected chi connectivity index (χ3v) is 5.49. The molecule has 0 fully saturated rings. The van der Waals surface area contributed by atoms with Crippen LogP contribution in [-0.4, -0.2) is 22.3 Å². The van der Waals surface area contributed by atoms with E-state index < -0.39 is 0 Å². The van der Waals surface area contributed by atoms with E-state index in [4.69, 9.17) is 4.74 Å². The molecular weight excluding hydrogens is 362 g/mol. The molecule has 4 aromatic rings. The predicted molar refractivity (Wildman–Crippen MR) is 113 cm³/mol. The Morgan fingerprint density at radius 1 is 1.14 bits per heavy atom. The van der Waals surface area contributed by atoms with Gasteiger partial charge in [-0.25, -0.2) is 0 Å². The van der Waals surface area contributed by atoms with Crippen molar-refractivity contribution in [3.8, 4) is 11.8 Å². The predicted octanol–water partition coefficient (Wildman–Crippen LogP) is 4.70. The Kier molecular flexibility index (Phi) is 3.88. The van der Waals surface area contributed by atoms with Gasteiger partial charge in [-0.2, -0.15) is 10.4 Å². The largest absolute Gasteiger partial charge is 0.497 e. The van der Waals surface area contributed by atoms with Crippen LogP contribution in [0, 0.1) is 18.3 Å². The summed E-state index contributed by atoms with van der Waals surface area (Å²) in [4.78, 5) is 3.30. The maximum Gasteiger partial charge on any atom is 0.156 e. The molecule has 3 heterocycles. The molecule has 142 valence electrons. The van der Waals surface area contributed by atoms with E-state index in [1.54, 1.807) is 7.11 Å². The standard InChI is InChI=1S/C23H19N5O/c1-13-20-21(14-6-5-7-15(10-14)29-2)17(11-24)22(26-23(20)28-27-13)18-12-25-19-9-4-3-8-16(18)19/h3-10,12,21,25H,1-2H3,(H2,26,27,28). The number of fused-ring (bicyclic) bond motifs is 2. The van der Waals surface area contributed by atoms with E-state index in [1.165, 1.54) is 0 Å². The molecule has 6 heteroatoms. The number of aromatic nitrogens is 3. The number of benzene rings is 2. The monoisotopic (exact) mass is 381 g/mol. The number of aromatic amines is 2. The summed E-state index contributed by atoms with van der Waals surface area (Å²) in [6.45, 7) is 1.98. The minimum atomic E-state index is -0.242. The molecule has 0 bridgehead atoms. The van der Waals surface area contributed by atoms with E-state index in [2.05, 4.69) is 32.6 Å². The topological polar surface area (TPSA) is 89.5 Å². The van der Waals surface area contributed by atoms with Gasteiger partial charge in [0.15, 0.2) is 5.82 Å². The second kappa shape index (κ2) is 6.57. The van der Waals surface area contributed by atoms with Crippen molar-refractivity contribution in [1.82, 2.24) is 15.2 Å². The van der Waals surface area contributed by atoms with Gasteiger partial charge in [0, 0.05) is 33.9 Å².